The van der Waals surface area contributed by atoms with Crippen LogP contribution in [0.2, 0.25) is 0 Å². The molecule has 0 saturated heterocycles. The van der Waals surface area contributed by atoms with Gasteiger partial charge < -0.3 is 15.1 Å². The molecule has 0 aromatic carbocycles. The molecule has 0 atom stereocenters. The number of rotatable bonds is 8. The largest absolute Gasteiger partial charge is 0.407 e. The Balaban J connectivity index is 1.46. The Morgan fingerprint density at radius 3 is 2.42 bits per heavy atom. The second kappa shape index (κ2) is 5.49. The number of nitrogens with zero attached hydrogens (tertiary/aromatic N) is 2. The summed E-state index contributed by atoms with van der Waals surface area (Å²) in [4.78, 5) is 0. The molecule has 2 fully saturated rings. The van der Waals surface area contributed by atoms with Crippen molar-refractivity contribution in [2.45, 2.75) is 52.1 Å². The minimum Gasteiger partial charge on any atom is -0.407 e. The second-order valence-electron chi connectivity index (χ2n) is 6.26. The molecule has 19 heavy (non-hydrogen) atoms. The summed E-state index contributed by atoms with van der Waals surface area (Å²) in [5, 5.41) is 14.7. The van der Waals surface area contributed by atoms with Crippen LogP contribution >= 0.6 is 0 Å². The van der Waals surface area contributed by atoms with Crippen LogP contribution in [0.3, 0.4) is 0 Å². The molecule has 3 rings (SSSR count). The molecule has 0 aliphatic heterocycles. The molecule has 2 aliphatic carbocycles. The Hall–Kier alpha value is -1.10. The van der Waals surface area contributed by atoms with Crippen LogP contribution in [0.5, 0.6) is 0 Å². The zero-order valence-electron chi connectivity index (χ0n) is 11.9. The fraction of sp³-hybridized carbons (Fsp3) is 0.857. The minimum atomic E-state index is 0.428. The van der Waals surface area contributed by atoms with Gasteiger partial charge in [-0.2, -0.15) is 0 Å². The Labute approximate surface area is 114 Å². The van der Waals surface area contributed by atoms with Crippen molar-refractivity contribution >= 4 is 6.01 Å². The maximum atomic E-state index is 5.59. The molecule has 1 heterocycles. The molecular formula is C14H24N4O. The van der Waals surface area contributed by atoms with E-state index in [1.807, 2.05) is 0 Å². The summed E-state index contributed by atoms with van der Waals surface area (Å²) in [6, 6.07) is 1.00. The lowest BCUT2D eigenvalue weighted by Gasteiger charge is -2.14. The normalized spacial score (nSPS) is 19.4. The van der Waals surface area contributed by atoms with Gasteiger partial charge in [-0.1, -0.05) is 18.9 Å². The van der Waals surface area contributed by atoms with Crippen molar-refractivity contribution in [3.05, 3.63) is 5.89 Å². The second-order valence-corrected chi connectivity index (χ2v) is 6.26. The zero-order chi connectivity index (χ0) is 13.2. The monoisotopic (exact) mass is 264 g/mol. The standard InChI is InChI=1S/C14H24N4O/c1-9(2)15-8-13-17-18-14(19-13)16-7-12(10-3-4-10)11-5-6-11/h9-12,15H,3-8H2,1-2H3,(H,16,18). The molecule has 2 N–H and O–H groups in total. The highest BCUT2D eigenvalue weighted by Gasteiger charge is 2.41. The summed E-state index contributed by atoms with van der Waals surface area (Å²) in [7, 11) is 0. The summed E-state index contributed by atoms with van der Waals surface area (Å²) < 4.78 is 5.59. The van der Waals surface area contributed by atoms with Gasteiger partial charge in [-0.25, -0.2) is 0 Å². The van der Waals surface area contributed by atoms with Crippen LogP contribution in [0, 0.1) is 17.8 Å². The zero-order valence-corrected chi connectivity index (χ0v) is 11.9. The first kappa shape index (κ1) is 12.9. The molecule has 0 bridgehead atoms. The average Bonchev–Trinajstić information content (AvgIpc) is 3.28. The van der Waals surface area contributed by atoms with Gasteiger partial charge in [0.2, 0.25) is 5.89 Å². The molecule has 106 valence electrons. The van der Waals surface area contributed by atoms with Gasteiger partial charge in [0, 0.05) is 12.6 Å². The Kier molecular flexibility index (Phi) is 3.73. The van der Waals surface area contributed by atoms with E-state index in [9.17, 15) is 0 Å². The molecule has 5 nitrogen and oxygen atoms in total. The summed E-state index contributed by atoms with van der Waals surface area (Å²) in [5.74, 6) is 3.38. The van der Waals surface area contributed by atoms with Crippen LogP contribution in [0.1, 0.15) is 45.4 Å². The molecule has 2 saturated carbocycles. The van der Waals surface area contributed by atoms with Crippen LogP contribution in [-0.2, 0) is 6.54 Å². The predicted octanol–water partition coefficient (Wildman–Crippen LogP) is 2.42. The van der Waals surface area contributed by atoms with Crippen LogP contribution in [-0.4, -0.2) is 22.8 Å². The number of hydrogen-bond donors (Lipinski definition) is 2. The maximum absolute atomic E-state index is 5.59. The average molecular weight is 264 g/mol. The Morgan fingerprint density at radius 1 is 1.16 bits per heavy atom. The van der Waals surface area contributed by atoms with Gasteiger partial charge in [0.15, 0.2) is 0 Å². The fourth-order valence-corrected chi connectivity index (χ4v) is 2.66. The van der Waals surface area contributed by atoms with Crippen LogP contribution < -0.4 is 10.6 Å². The highest BCUT2D eigenvalue weighted by Crippen LogP contribution is 2.49. The molecule has 1 aromatic rings. The first-order valence-corrected chi connectivity index (χ1v) is 7.52. The lowest BCUT2D eigenvalue weighted by Crippen LogP contribution is -2.21. The minimum absolute atomic E-state index is 0.428. The number of aromatic nitrogens is 2. The molecule has 0 unspecified atom stereocenters. The predicted molar refractivity (Wildman–Crippen MR) is 73.7 cm³/mol. The van der Waals surface area contributed by atoms with Crippen LogP contribution in [0.4, 0.5) is 6.01 Å². The quantitative estimate of drug-likeness (QED) is 0.755. The maximum Gasteiger partial charge on any atom is 0.315 e. The van der Waals surface area contributed by atoms with Crippen molar-refractivity contribution in [2.75, 3.05) is 11.9 Å². The summed E-state index contributed by atoms with van der Waals surface area (Å²) in [5.41, 5.74) is 0. The van der Waals surface area contributed by atoms with Crippen molar-refractivity contribution in [1.29, 1.82) is 0 Å². The number of nitrogens with one attached hydrogen (secondary N) is 2. The summed E-state index contributed by atoms with van der Waals surface area (Å²) in [6.07, 6.45) is 5.65. The third-order valence-electron chi connectivity index (χ3n) is 4.07. The molecule has 0 amide bonds. The van der Waals surface area contributed by atoms with Crippen molar-refractivity contribution in [3.63, 3.8) is 0 Å². The molecular weight excluding hydrogens is 240 g/mol. The number of hydrogen-bond acceptors (Lipinski definition) is 5. The van der Waals surface area contributed by atoms with Crippen LogP contribution in [0.15, 0.2) is 4.42 Å². The van der Waals surface area contributed by atoms with E-state index in [-0.39, 0.29) is 0 Å². The van der Waals surface area contributed by atoms with Crippen molar-refractivity contribution in [1.82, 2.24) is 15.5 Å². The highest BCUT2D eigenvalue weighted by atomic mass is 16.4. The molecule has 0 spiro atoms. The van der Waals surface area contributed by atoms with Gasteiger partial charge in [-0.05, 0) is 43.4 Å². The van der Waals surface area contributed by atoms with Crippen molar-refractivity contribution in [3.8, 4) is 0 Å². The van der Waals surface area contributed by atoms with Crippen LogP contribution in [0.25, 0.3) is 0 Å². The first-order valence-electron chi connectivity index (χ1n) is 7.52. The van der Waals surface area contributed by atoms with Gasteiger partial charge >= 0.3 is 6.01 Å². The molecule has 2 aliphatic rings. The Morgan fingerprint density at radius 2 is 1.84 bits per heavy atom. The Bertz CT molecular complexity index is 397. The molecule has 5 heteroatoms. The van der Waals surface area contributed by atoms with Gasteiger partial charge in [0.1, 0.15) is 0 Å². The van der Waals surface area contributed by atoms with E-state index in [4.69, 9.17) is 4.42 Å². The van der Waals surface area contributed by atoms with Gasteiger partial charge in [0.05, 0.1) is 6.54 Å². The topological polar surface area (TPSA) is 63.0 Å². The summed E-state index contributed by atoms with van der Waals surface area (Å²) in [6.45, 7) is 5.84. The smallest absolute Gasteiger partial charge is 0.315 e. The van der Waals surface area contributed by atoms with E-state index >= 15 is 0 Å². The lowest BCUT2D eigenvalue weighted by atomic mass is 9.98. The van der Waals surface area contributed by atoms with E-state index in [1.165, 1.54) is 25.7 Å². The van der Waals surface area contributed by atoms with Gasteiger partial charge in [-0.15, -0.1) is 5.10 Å². The highest BCUT2D eigenvalue weighted by molar-refractivity contribution is 5.17. The fourth-order valence-electron chi connectivity index (χ4n) is 2.66. The lowest BCUT2D eigenvalue weighted by molar-refractivity contribution is 0.416. The SMILES string of the molecule is CC(C)NCc1nnc(NCC(C2CC2)C2CC2)o1. The van der Waals surface area contributed by atoms with Gasteiger partial charge in [-0.3, -0.25) is 0 Å². The third-order valence-corrected chi connectivity index (χ3v) is 4.07. The van der Waals surface area contributed by atoms with Gasteiger partial charge in [0.25, 0.3) is 0 Å². The van der Waals surface area contributed by atoms with Crippen molar-refractivity contribution < 1.29 is 4.42 Å². The molecule has 0 radical (unpaired) electrons. The molecule has 1 aromatic heterocycles. The van der Waals surface area contributed by atoms with Crippen molar-refractivity contribution in [2.24, 2.45) is 17.8 Å². The van der Waals surface area contributed by atoms with E-state index in [0.29, 0.717) is 24.5 Å². The first-order chi connectivity index (χ1) is 9.22. The van der Waals surface area contributed by atoms with E-state index < -0.39 is 0 Å². The van der Waals surface area contributed by atoms with E-state index in [0.717, 1.165) is 24.3 Å². The number of anilines is 1. The third kappa shape index (κ3) is 3.69. The van der Waals surface area contributed by atoms with E-state index in [1.54, 1.807) is 0 Å². The summed E-state index contributed by atoms with van der Waals surface area (Å²) >= 11 is 0. The van der Waals surface area contributed by atoms with E-state index in [2.05, 4.69) is 34.7 Å².